The van der Waals surface area contributed by atoms with E-state index in [-0.39, 0.29) is 6.04 Å². The maximum absolute atomic E-state index is 6.30. The molecule has 0 bridgehead atoms. The van der Waals surface area contributed by atoms with Crippen molar-refractivity contribution < 1.29 is 0 Å². The highest BCUT2D eigenvalue weighted by atomic mass is 15.2. The molecular formula is C30H54N6. The van der Waals surface area contributed by atoms with Crippen molar-refractivity contribution in [2.45, 2.75) is 46.6 Å². The average Bonchev–Trinajstić information content (AvgIpc) is 2.83. The Labute approximate surface area is 222 Å². The summed E-state index contributed by atoms with van der Waals surface area (Å²) < 4.78 is 0. The van der Waals surface area contributed by atoms with Crippen LogP contribution in [0.15, 0.2) is 73.1 Å². The lowest BCUT2D eigenvalue weighted by atomic mass is 10.1. The maximum atomic E-state index is 6.30. The molecular weight excluding hydrogens is 444 g/mol. The molecule has 6 heteroatoms. The quantitative estimate of drug-likeness (QED) is 0.126. The molecule has 0 aromatic carbocycles. The van der Waals surface area contributed by atoms with Crippen LogP contribution in [0.25, 0.3) is 0 Å². The number of rotatable bonds is 21. The standard InChI is InChI=1S/C30H54N6/c1-11-25(6)21-36(22-26(7)12-2)28(9)23-35(20-24(4)5)27(8)19-33-17-18-34(10)30(13-3)29(32)15-14-16-31/h11,24-25,29,33H,1-3,8-9,14-23,31-32H2,4-7,10H3. The van der Waals surface area contributed by atoms with E-state index in [1.165, 1.54) is 0 Å². The van der Waals surface area contributed by atoms with Crippen LogP contribution in [0.4, 0.5) is 0 Å². The molecule has 2 unspecified atom stereocenters. The number of nitrogens with two attached hydrogens (primary N) is 2. The molecule has 0 saturated heterocycles. The van der Waals surface area contributed by atoms with E-state index in [1.54, 1.807) is 0 Å². The molecule has 0 rings (SSSR count). The average molecular weight is 499 g/mol. The Hall–Kier alpha value is -2.46. The summed E-state index contributed by atoms with van der Waals surface area (Å²) >= 11 is 0. The summed E-state index contributed by atoms with van der Waals surface area (Å²) in [7, 11) is 2.03. The van der Waals surface area contributed by atoms with Crippen molar-refractivity contribution >= 4 is 0 Å². The van der Waals surface area contributed by atoms with Gasteiger partial charge in [0.1, 0.15) is 0 Å². The Morgan fingerprint density at radius 3 is 2.19 bits per heavy atom. The van der Waals surface area contributed by atoms with E-state index in [2.05, 4.69) is 92.1 Å². The van der Waals surface area contributed by atoms with E-state index >= 15 is 0 Å². The second-order valence-corrected chi connectivity index (χ2v) is 10.2. The van der Waals surface area contributed by atoms with E-state index in [1.807, 2.05) is 13.1 Å². The first-order valence-electron chi connectivity index (χ1n) is 13.1. The van der Waals surface area contributed by atoms with Crippen LogP contribution in [0.1, 0.15) is 40.5 Å². The molecule has 0 aliphatic heterocycles. The van der Waals surface area contributed by atoms with Gasteiger partial charge in [-0.2, -0.15) is 0 Å². The fraction of sp³-hybridized carbons (Fsp3) is 0.600. The van der Waals surface area contributed by atoms with Gasteiger partial charge in [0, 0.05) is 57.7 Å². The number of likely N-dealkylation sites (N-methyl/N-ethyl adjacent to an activating group) is 1. The molecule has 0 radical (unpaired) electrons. The van der Waals surface area contributed by atoms with Crippen molar-refractivity contribution in [2.24, 2.45) is 23.3 Å². The highest BCUT2D eigenvalue weighted by Crippen LogP contribution is 2.15. The van der Waals surface area contributed by atoms with Gasteiger partial charge in [-0.3, -0.25) is 0 Å². The molecule has 0 spiro atoms. The summed E-state index contributed by atoms with van der Waals surface area (Å²) in [5, 5.41) is 3.53. The predicted octanol–water partition coefficient (Wildman–Crippen LogP) is 4.08. The van der Waals surface area contributed by atoms with Crippen LogP contribution in [0.5, 0.6) is 0 Å². The molecule has 0 heterocycles. The monoisotopic (exact) mass is 498 g/mol. The smallest absolute Gasteiger partial charge is 0.0726 e. The summed E-state index contributed by atoms with van der Waals surface area (Å²) in [5.41, 5.74) is 22.1. The number of nitrogens with zero attached hydrogens (tertiary/aromatic N) is 3. The van der Waals surface area contributed by atoms with E-state index in [9.17, 15) is 0 Å². The molecule has 2 atom stereocenters. The molecule has 204 valence electrons. The largest absolute Gasteiger partial charge is 0.369 e. The first kappa shape index (κ1) is 33.5. The normalized spacial score (nSPS) is 12.2. The molecule has 0 aromatic heterocycles. The minimum absolute atomic E-state index is 0.0927. The fourth-order valence-electron chi connectivity index (χ4n) is 3.87. The third-order valence-electron chi connectivity index (χ3n) is 6.11. The van der Waals surface area contributed by atoms with Gasteiger partial charge in [-0.05, 0) is 43.7 Å². The third-order valence-corrected chi connectivity index (χ3v) is 6.11. The third kappa shape index (κ3) is 13.6. The van der Waals surface area contributed by atoms with Crippen LogP contribution in [0, 0.1) is 11.8 Å². The van der Waals surface area contributed by atoms with Gasteiger partial charge in [0.25, 0.3) is 0 Å². The first-order valence-corrected chi connectivity index (χ1v) is 13.1. The summed E-state index contributed by atoms with van der Waals surface area (Å²) in [4.78, 5) is 6.76. The highest BCUT2D eigenvalue weighted by molar-refractivity contribution is 5.10. The lowest BCUT2D eigenvalue weighted by molar-refractivity contribution is 0.264. The van der Waals surface area contributed by atoms with Crippen LogP contribution < -0.4 is 16.8 Å². The zero-order valence-electron chi connectivity index (χ0n) is 23.9. The van der Waals surface area contributed by atoms with Crippen molar-refractivity contribution in [1.29, 1.82) is 0 Å². The second kappa shape index (κ2) is 18.8. The van der Waals surface area contributed by atoms with Crippen molar-refractivity contribution in [2.75, 3.05) is 59.4 Å². The van der Waals surface area contributed by atoms with Crippen LogP contribution in [-0.4, -0.2) is 80.1 Å². The molecule has 6 nitrogen and oxygen atoms in total. The van der Waals surface area contributed by atoms with E-state index in [4.69, 9.17) is 11.5 Å². The Morgan fingerprint density at radius 2 is 1.67 bits per heavy atom. The van der Waals surface area contributed by atoms with Crippen molar-refractivity contribution in [1.82, 2.24) is 20.0 Å². The minimum atomic E-state index is -0.0927. The second-order valence-electron chi connectivity index (χ2n) is 10.2. The molecule has 0 saturated carbocycles. The van der Waals surface area contributed by atoms with Crippen molar-refractivity contribution in [3.8, 4) is 0 Å². The topological polar surface area (TPSA) is 73.8 Å². The van der Waals surface area contributed by atoms with Crippen molar-refractivity contribution in [3.63, 3.8) is 0 Å². The first-order chi connectivity index (χ1) is 17.0. The molecule has 0 fully saturated rings. The lowest BCUT2D eigenvalue weighted by Gasteiger charge is -2.35. The zero-order valence-corrected chi connectivity index (χ0v) is 23.9. The van der Waals surface area contributed by atoms with Crippen LogP contribution in [0.2, 0.25) is 0 Å². The minimum Gasteiger partial charge on any atom is -0.369 e. The van der Waals surface area contributed by atoms with Gasteiger partial charge in [-0.15, -0.1) is 18.0 Å². The molecule has 0 amide bonds. The SMILES string of the molecule is C=C=C(C)CN(CC(C)C=C)C(=C)CN(CC(C)C)C(=C)CNCCN(C)C(=C=C)C(N)CCCN. The molecule has 5 N–H and O–H groups in total. The Balaban J connectivity index is 5.07. The molecule has 36 heavy (non-hydrogen) atoms. The summed E-state index contributed by atoms with van der Waals surface area (Å²) in [6.07, 6.45) is 3.71. The Morgan fingerprint density at radius 1 is 1.03 bits per heavy atom. The van der Waals surface area contributed by atoms with E-state index < -0.39 is 0 Å². The van der Waals surface area contributed by atoms with Crippen LogP contribution in [-0.2, 0) is 0 Å². The van der Waals surface area contributed by atoms with E-state index in [0.29, 0.717) is 24.9 Å². The summed E-state index contributed by atoms with van der Waals surface area (Å²) in [6, 6.07) is -0.0927. The summed E-state index contributed by atoms with van der Waals surface area (Å²) in [6.45, 7) is 35.3. The zero-order chi connectivity index (χ0) is 27.7. The Bertz CT molecular complexity index is 785. The predicted molar refractivity (Wildman–Crippen MR) is 158 cm³/mol. The van der Waals surface area contributed by atoms with Crippen molar-refractivity contribution in [3.05, 3.63) is 73.1 Å². The number of nitrogens with one attached hydrogen (secondary N) is 1. The van der Waals surface area contributed by atoms with Crippen LogP contribution >= 0.6 is 0 Å². The summed E-state index contributed by atoms with van der Waals surface area (Å²) in [5.74, 6) is 0.865. The van der Waals surface area contributed by atoms with Crippen LogP contribution in [0.3, 0.4) is 0 Å². The van der Waals surface area contributed by atoms with Gasteiger partial charge in [0.05, 0.1) is 18.3 Å². The van der Waals surface area contributed by atoms with E-state index in [0.717, 1.165) is 74.8 Å². The van der Waals surface area contributed by atoms with Gasteiger partial charge in [0.15, 0.2) is 0 Å². The molecule has 0 aliphatic carbocycles. The molecule has 0 aromatic rings. The lowest BCUT2D eigenvalue weighted by Crippen LogP contribution is -2.40. The number of hydrogen-bond donors (Lipinski definition) is 3. The van der Waals surface area contributed by atoms with Gasteiger partial charge >= 0.3 is 0 Å². The fourth-order valence-corrected chi connectivity index (χ4v) is 3.87. The van der Waals surface area contributed by atoms with Gasteiger partial charge < -0.3 is 31.5 Å². The Kier molecular flexibility index (Phi) is 17.5. The highest BCUT2D eigenvalue weighted by Gasteiger charge is 2.17. The van der Waals surface area contributed by atoms with Gasteiger partial charge in [0.2, 0.25) is 0 Å². The van der Waals surface area contributed by atoms with Gasteiger partial charge in [-0.25, -0.2) is 0 Å². The maximum Gasteiger partial charge on any atom is 0.0726 e. The number of hydrogen-bond acceptors (Lipinski definition) is 6. The van der Waals surface area contributed by atoms with Gasteiger partial charge in [-0.1, -0.05) is 53.2 Å². The molecule has 0 aliphatic rings.